The molecule has 11 heteroatoms. The van der Waals surface area contributed by atoms with E-state index in [0.717, 1.165) is 24.8 Å². The fourth-order valence-corrected chi connectivity index (χ4v) is 6.28. The van der Waals surface area contributed by atoms with E-state index in [0.29, 0.717) is 23.7 Å². The highest BCUT2D eigenvalue weighted by Gasteiger charge is 2.31. The van der Waals surface area contributed by atoms with E-state index in [1.54, 1.807) is 12.1 Å². The zero-order valence-electron chi connectivity index (χ0n) is 17.7. The predicted molar refractivity (Wildman–Crippen MR) is 119 cm³/mol. The highest BCUT2D eigenvalue weighted by Crippen LogP contribution is 2.29. The summed E-state index contributed by atoms with van der Waals surface area (Å²) in [5.41, 5.74) is 2.85. The molecule has 2 aromatic carbocycles. The number of sulfonamides is 2. The number of hydrogen-bond acceptors (Lipinski definition) is 7. The summed E-state index contributed by atoms with van der Waals surface area (Å²) in [6, 6.07) is 9.37. The molecule has 0 atom stereocenters. The number of nitrogens with two attached hydrogens (primary N) is 1. The van der Waals surface area contributed by atoms with Crippen LogP contribution in [0.5, 0.6) is 0 Å². The summed E-state index contributed by atoms with van der Waals surface area (Å²) in [5.74, 6) is -0.696. The quantitative estimate of drug-likeness (QED) is 0.637. The molecule has 2 N–H and O–H groups in total. The van der Waals surface area contributed by atoms with E-state index in [1.807, 2.05) is 11.0 Å². The minimum Gasteiger partial charge on any atom is -0.465 e. The topological polar surface area (TPSA) is 127 Å². The molecule has 1 saturated heterocycles. The molecule has 0 saturated carbocycles. The minimum atomic E-state index is -3.99. The number of nitrogens with zero attached hydrogens (tertiary/aromatic N) is 2. The fraction of sp³-hybridized carbons (Fsp3) is 0.381. The number of benzene rings is 2. The van der Waals surface area contributed by atoms with Gasteiger partial charge in [-0.15, -0.1) is 0 Å². The number of fused-ring (bicyclic) bond motifs is 1. The van der Waals surface area contributed by atoms with E-state index in [2.05, 4.69) is 0 Å². The number of hydrogen-bond donors (Lipinski definition) is 1. The first-order valence-corrected chi connectivity index (χ1v) is 13.2. The molecule has 1 aliphatic carbocycles. The van der Waals surface area contributed by atoms with Crippen molar-refractivity contribution in [3.8, 4) is 0 Å². The number of carbonyl (C=O) groups is 1. The van der Waals surface area contributed by atoms with Gasteiger partial charge in [-0.1, -0.05) is 6.07 Å². The zero-order chi connectivity index (χ0) is 23.1. The monoisotopic (exact) mass is 479 g/mol. The van der Waals surface area contributed by atoms with Crippen LogP contribution in [0.4, 0.5) is 5.69 Å². The van der Waals surface area contributed by atoms with Crippen LogP contribution < -0.4 is 10.0 Å². The lowest BCUT2D eigenvalue weighted by Gasteiger charge is -2.36. The SMILES string of the molecule is COC(=O)c1cc(S(N)(=O)=O)ccc1N1CCN(S(=O)(=O)c2ccc3c(c2)CCC3)CC1. The standard InChI is InChI=1S/C21H25N3O6S2/c1-30-21(25)19-14-17(31(22,26)27)7-8-20(19)23-9-11-24(12-10-23)32(28,29)18-6-5-15-3-2-4-16(15)13-18/h5-8,13-14H,2-4,9-12H2,1H3,(H2,22,26,27). The van der Waals surface area contributed by atoms with Crippen molar-refractivity contribution in [2.45, 2.75) is 29.1 Å². The number of carbonyl (C=O) groups excluding carboxylic acids is 1. The summed E-state index contributed by atoms with van der Waals surface area (Å²) < 4.78 is 55.9. The lowest BCUT2D eigenvalue weighted by molar-refractivity contribution is 0.0601. The van der Waals surface area contributed by atoms with Gasteiger partial charge in [0, 0.05) is 26.2 Å². The Bertz CT molecular complexity index is 1270. The van der Waals surface area contributed by atoms with Crippen molar-refractivity contribution in [1.82, 2.24) is 4.31 Å². The van der Waals surface area contributed by atoms with Crippen LogP contribution in [0.3, 0.4) is 0 Å². The van der Waals surface area contributed by atoms with Crippen LogP contribution in [-0.4, -0.2) is 60.4 Å². The number of aryl methyl sites for hydroxylation is 2. The van der Waals surface area contributed by atoms with Crippen molar-refractivity contribution in [2.75, 3.05) is 38.2 Å². The second-order valence-corrected chi connectivity index (χ2v) is 11.4. The van der Waals surface area contributed by atoms with Gasteiger partial charge in [0.25, 0.3) is 0 Å². The molecule has 0 spiro atoms. The van der Waals surface area contributed by atoms with Gasteiger partial charge in [0.05, 0.1) is 28.2 Å². The van der Waals surface area contributed by atoms with E-state index in [4.69, 9.17) is 9.88 Å². The first-order chi connectivity index (χ1) is 15.1. The summed E-state index contributed by atoms with van der Waals surface area (Å²) in [4.78, 5) is 14.2. The molecule has 0 radical (unpaired) electrons. The Labute approximate surface area is 187 Å². The zero-order valence-corrected chi connectivity index (χ0v) is 19.3. The van der Waals surface area contributed by atoms with Crippen molar-refractivity contribution < 1.29 is 26.4 Å². The fourth-order valence-electron chi connectivity index (χ4n) is 4.27. The van der Waals surface area contributed by atoms with Crippen LogP contribution >= 0.6 is 0 Å². The number of primary sulfonamides is 1. The predicted octanol–water partition coefficient (Wildman–Crippen LogP) is 1.12. The maximum absolute atomic E-state index is 13.2. The third kappa shape index (κ3) is 4.25. The Morgan fingerprint density at radius 1 is 0.906 bits per heavy atom. The van der Waals surface area contributed by atoms with Crippen LogP contribution in [0.25, 0.3) is 0 Å². The molecule has 172 valence electrons. The number of piperazine rings is 1. The molecule has 0 unspecified atom stereocenters. The van der Waals surface area contributed by atoms with Crippen molar-refractivity contribution in [3.05, 3.63) is 53.1 Å². The van der Waals surface area contributed by atoms with Crippen molar-refractivity contribution >= 4 is 31.7 Å². The van der Waals surface area contributed by atoms with Gasteiger partial charge >= 0.3 is 5.97 Å². The Kier molecular flexibility index (Phi) is 6.01. The van der Waals surface area contributed by atoms with Gasteiger partial charge < -0.3 is 9.64 Å². The summed E-state index contributed by atoms with van der Waals surface area (Å²) in [7, 11) is -6.41. The first kappa shape index (κ1) is 22.7. The van der Waals surface area contributed by atoms with Gasteiger partial charge in [0.2, 0.25) is 20.0 Å². The first-order valence-electron chi connectivity index (χ1n) is 10.2. The molecule has 9 nitrogen and oxygen atoms in total. The van der Waals surface area contributed by atoms with Gasteiger partial charge in [0.15, 0.2) is 0 Å². The number of methoxy groups -OCH3 is 1. The van der Waals surface area contributed by atoms with Gasteiger partial charge in [-0.3, -0.25) is 0 Å². The van der Waals surface area contributed by atoms with Crippen LogP contribution in [0.2, 0.25) is 0 Å². The third-order valence-electron chi connectivity index (χ3n) is 5.99. The van der Waals surface area contributed by atoms with Gasteiger partial charge in [-0.2, -0.15) is 4.31 Å². The van der Waals surface area contributed by atoms with Crippen molar-refractivity contribution in [3.63, 3.8) is 0 Å². The van der Waals surface area contributed by atoms with Crippen molar-refractivity contribution in [1.29, 1.82) is 0 Å². The molecule has 0 amide bonds. The summed E-state index contributed by atoms with van der Waals surface area (Å²) in [6.07, 6.45) is 2.93. The summed E-state index contributed by atoms with van der Waals surface area (Å²) >= 11 is 0. The number of esters is 1. The van der Waals surface area contributed by atoms with E-state index in [-0.39, 0.29) is 23.5 Å². The third-order valence-corrected chi connectivity index (χ3v) is 8.79. The van der Waals surface area contributed by atoms with E-state index >= 15 is 0 Å². The molecule has 4 rings (SSSR count). The largest absolute Gasteiger partial charge is 0.465 e. The molecular formula is C21H25N3O6S2. The maximum Gasteiger partial charge on any atom is 0.340 e. The molecule has 0 aromatic heterocycles. The van der Waals surface area contributed by atoms with Gasteiger partial charge in [-0.25, -0.2) is 26.8 Å². The Morgan fingerprint density at radius 3 is 2.22 bits per heavy atom. The molecular weight excluding hydrogens is 454 g/mol. The molecule has 2 aliphatic rings. The van der Waals surface area contributed by atoms with Crippen LogP contribution in [0.1, 0.15) is 27.9 Å². The number of anilines is 1. The molecule has 0 bridgehead atoms. The Balaban J connectivity index is 1.55. The van der Waals surface area contributed by atoms with E-state index < -0.39 is 26.0 Å². The molecule has 1 fully saturated rings. The second-order valence-electron chi connectivity index (χ2n) is 7.89. The molecule has 32 heavy (non-hydrogen) atoms. The summed E-state index contributed by atoms with van der Waals surface area (Å²) in [5, 5.41) is 5.18. The van der Waals surface area contributed by atoms with E-state index in [9.17, 15) is 21.6 Å². The Hall–Kier alpha value is -2.47. The van der Waals surface area contributed by atoms with Crippen molar-refractivity contribution in [2.24, 2.45) is 5.14 Å². The lowest BCUT2D eigenvalue weighted by Crippen LogP contribution is -2.49. The van der Waals surface area contributed by atoms with E-state index in [1.165, 1.54) is 35.2 Å². The van der Waals surface area contributed by atoms with Crippen LogP contribution in [0.15, 0.2) is 46.2 Å². The smallest absolute Gasteiger partial charge is 0.340 e. The minimum absolute atomic E-state index is 0.0638. The number of rotatable bonds is 5. The van der Waals surface area contributed by atoms with Gasteiger partial charge in [0.1, 0.15) is 0 Å². The molecule has 1 heterocycles. The highest BCUT2D eigenvalue weighted by molar-refractivity contribution is 7.89. The molecule has 2 aromatic rings. The second kappa shape index (κ2) is 8.47. The number of ether oxygens (including phenoxy) is 1. The maximum atomic E-state index is 13.2. The highest BCUT2D eigenvalue weighted by atomic mass is 32.2. The van der Waals surface area contributed by atoms with Crippen LogP contribution in [0, 0.1) is 0 Å². The summed E-state index contributed by atoms with van der Waals surface area (Å²) in [6.45, 7) is 1.14. The lowest BCUT2D eigenvalue weighted by atomic mass is 10.1. The normalized spacial score (nSPS) is 17.2. The van der Waals surface area contributed by atoms with Crippen LogP contribution in [-0.2, 0) is 37.6 Å². The van der Waals surface area contributed by atoms with Gasteiger partial charge in [-0.05, 0) is 60.7 Å². The average Bonchev–Trinajstić information content (AvgIpc) is 3.25. The average molecular weight is 480 g/mol. The molecule has 1 aliphatic heterocycles. The Morgan fingerprint density at radius 2 is 1.56 bits per heavy atom.